The summed E-state index contributed by atoms with van der Waals surface area (Å²) in [5, 5.41) is 2.93. The summed E-state index contributed by atoms with van der Waals surface area (Å²) in [4.78, 5) is 11.8. The number of para-hydroxylation sites is 1. The average Bonchev–Trinajstić information content (AvgIpc) is 3.39. The van der Waals surface area contributed by atoms with Crippen LogP contribution in [0, 0.1) is 19.8 Å². The summed E-state index contributed by atoms with van der Waals surface area (Å²) in [5.74, 6) is 1.95. The molecule has 0 aromatic heterocycles. The second-order valence-electron chi connectivity index (χ2n) is 6.21. The first-order valence-electron chi connectivity index (χ1n) is 8.36. The van der Waals surface area contributed by atoms with Crippen molar-refractivity contribution in [3.63, 3.8) is 0 Å². The molecule has 4 nitrogen and oxygen atoms in total. The van der Waals surface area contributed by atoms with Gasteiger partial charge in [0.25, 0.3) is 0 Å². The number of benzene rings is 2. The van der Waals surface area contributed by atoms with E-state index >= 15 is 0 Å². The number of amides is 1. The Labute approximate surface area is 142 Å². The minimum absolute atomic E-state index is 0.102. The van der Waals surface area contributed by atoms with Crippen LogP contribution in [0.3, 0.4) is 0 Å². The highest BCUT2D eigenvalue weighted by Gasteiger charge is 2.29. The molecule has 1 saturated carbocycles. The normalized spacial score (nSPS) is 13.4. The van der Waals surface area contributed by atoms with Gasteiger partial charge in [0.1, 0.15) is 24.7 Å². The molecule has 0 aliphatic heterocycles. The third-order valence-electron chi connectivity index (χ3n) is 4.06. The van der Waals surface area contributed by atoms with E-state index in [2.05, 4.69) is 5.32 Å². The quantitative estimate of drug-likeness (QED) is 0.779. The van der Waals surface area contributed by atoms with E-state index in [9.17, 15) is 4.79 Å². The number of hydrogen-bond acceptors (Lipinski definition) is 3. The van der Waals surface area contributed by atoms with Crippen molar-refractivity contribution in [3.05, 3.63) is 53.6 Å². The topological polar surface area (TPSA) is 47.6 Å². The highest BCUT2D eigenvalue weighted by Crippen LogP contribution is 2.30. The molecule has 3 rings (SSSR count). The van der Waals surface area contributed by atoms with Crippen LogP contribution in [0.15, 0.2) is 42.5 Å². The Kier molecular flexibility index (Phi) is 5.04. The highest BCUT2D eigenvalue weighted by atomic mass is 16.5. The zero-order valence-corrected chi connectivity index (χ0v) is 14.2. The van der Waals surface area contributed by atoms with Crippen LogP contribution in [0.5, 0.6) is 11.5 Å². The molecule has 126 valence electrons. The van der Waals surface area contributed by atoms with Crippen LogP contribution >= 0.6 is 0 Å². The van der Waals surface area contributed by atoms with Crippen LogP contribution in [-0.4, -0.2) is 19.1 Å². The van der Waals surface area contributed by atoms with Gasteiger partial charge in [-0.05, 0) is 49.9 Å². The predicted molar refractivity (Wildman–Crippen MR) is 94.7 cm³/mol. The van der Waals surface area contributed by atoms with Crippen molar-refractivity contribution >= 4 is 11.6 Å². The molecule has 0 spiro atoms. The molecule has 24 heavy (non-hydrogen) atoms. The number of carbonyl (C=O) groups excluding carboxylic acids is 1. The largest absolute Gasteiger partial charge is 0.490 e. The second-order valence-corrected chi connectivity index (χ2v) is 6.21. The van der Waals surface area contributed by atoms with Crippen molar-refractivity contribution in [1.29, 1.82) is 0 Å². The number of anilines is 1. The first-order chi connectivity index (χ1) is 11.6. The summed E-state index contributed by atoms with van der Waals surface area (Å²) in [6.45, 7) is 5.00. The number of ether oxygens (including phenoxy) is 2. The number of nitrogens with one attached hydrogen (secondary N) is 1. The zero-order chi connectivity index (χ0) is 16.9. The summed E-state index contributed by atoms with van der Waals surface area (Å²) in [7, 11) is 0. The molecule has 1 aliphatic rings. The minimum Gasteiger partial charge on any atom is -0.490 e. The summed E-state index contributed by atoms with van der Waals surface area (Å²) in [6.07, 6.45) is 2.00. The summed E-state index contributed by atoms with van der Waals surface area (Å²) in [6, 6.07) is 13.6. The Morgan fingerprint density at radius 3 is 2.42 bits per heavy atom. The van der Waals surface area contributed by atoms with E-state index in [4.69, 9.17) is 9.47 Å². The monoisotopic (exact) mass is 325 g/mol. The summed E-state index contributed by atoms with van der Waals surface area (Å²) in [5.41, 5.74) is 3.03. The molecule has 1 N–H and O–H groups in total. The molecular weight excluding hydrogens is 302 g/mol. The van der Waals surface area contributed by atoms with Gasteiger partial charge in [0.05, 0.1) is 0 Å². The van der Waals surface area contributed by atoms with Crippen molar-refractivity contribution in [1.82, 2.24) is 0 Å². The third-order valence-corrected chi connectivity index (χ3v) is 4.06. The van der Waals surface area contributed by atoms with Crippen molar-refractivity contribution in [2.45, 2.75) is 26.7 Å². The Balaban J connectivity index is 1.49. The van der Waals surface area contributed by atoms with Crippen molar-refractivity contribution < 1.29 is 14.3 Å². The van der Waals surface area contributed by atoms with Gasteiger partial charge in [-0.15, -0.1) is 0 Å². The first kappa shape index (κ1) is 16.4. The maximum atomic E-state index is 11.8. The van der Waals surface area contributed by atoms with E-state index < -0.39 is 0 Å². The lowest BCUT2D eigenvalue weighted by atomic mass is 10.1. The van der Waals surface area contributed by atoms with Crippen molar-refractivity contribution in [3.8, 4) is 11.5 Å². The van der Waals surface area contributed by atoms with E-state index in [1.54, 1.807) is 0 Å². The van der Waals surface area contributed by atoms with Crippen LogP contribution in [0.25, 0.3) is 0 Å². The maximum Gasteiger partial charge on any atom is 0.227 e. The van der Waals surface area contributed by atoms with Gasteiger partial charge in [-0.2, -0.15) is 0 Å². The van der Waals surface area contributed by atoms with Crippen LogP contribution < -0.4 is 14.8 Å². The van der Waals surface area contributed by atoms with Crippen LogP contribution in [0.4, 0.5) is 5.69 Å². The molecule has 1 aliphatic carbocycles. The second kappa shape index (κ2) is 7.39. The Hall–Kier alpha value is -2.49. The highest BCUT2D eigenvalue weighted by molar-refractivity contribution is 5.94. The fourth-order valence-corrected chi connectivity index (χ4v) is 2.58. The molecule has 0 unspecified atom stereocenters. The first-order valence-corrected chi connectivity index (χ1v) is 8.36. The fourth-order valence-electron chi connectivity index (χ4n) is 2.58. The van der Waals surface area contributed by atoms with E-state index in [0.717, 1.165) is 41.2 Å². The van der Waals surface area contributed by atoms with Gasteiger partial charge in [0, 0.05) is 17.7 Å². The summed E-state index contributed by atoms with van der Waals surface area (Å²) >= 11 is 0. The van der Waals surface area contributed by atoms with Gasteiger partial charge in [-0.3, -0.25) is 4.79 Å². The molecule has 1 amide bonds. The molecule has 0 bridgehead atoms. The fraction of sp³-hybridized carbons (Fsp3) is 0.350. The van der Waals surface area contributed by atoms with E-state index in [1.807, 2.05) is 56.3 Å². The molecule has 1 fully saturated rings. The maximum absolute atomic E-state index is 11.8. The molecule has 4 heteroatoms. The van der Waals surface area contributed by atoms with Crippen molar-refractivity contribution in [2.24, 2.45) is 5.92 Å². The Morgan fingerprint density at radius 2 is 1.71 bits per heavy atom. The van der Waals surface area contributed by atoms with E-state index in [0.29, 0.717) is 13.2 Å². The number of carbonyl (C=O) groups is 1. The van der Waals surface area contributed by atoms with Crippen molar-refractivity contribution in [2.75, 3.05) is 18.5 Å². The van der Waals surface area contributed by atoms with Crippen LogP contribution in [0.2, 0.25) is 0 Å². The van der Waals surface area contributed by atoms with Gasteiger partial charge in [-0.25, -0.2) is 0 Å². The SMILES string of the molecule is Cc1cccc(C)c1OCCOc1cccc(NC(=O)C2CC2)c1. The lowest BCUT2D eigenvalue weighted by Gasteiger charge is -2.13. The van der Waals surface area contributed by atoms with E-state index in [-0.39, 0.29) is 11.8 Å². The smallest absolute Gasteiger partial charge is 0.227 e. The Bertz CT molecular complexity index is 702. The van der Waals surface area contributed by atoms with Crippen LogP contribution in [0.1, 0.15) is 24.0 Å². The molecule has 0 atom stereocenters. The number of hydrogen-bond donors (Lipinski definition) is 1. The molecule has 0 saturated heterocycles. The van der Waals surface area contributed by atoms with Crippen LogP contribution in [-0.2, 0) is 4.79 Å². The number of aryl methyl sites for hydroxylation is 2. The average molecular weight is 325 g/mol. The van der Waals surface area contributed by atoms with Gasteiger partial charge in [0.2, 0.25) is 5.91 Å². The summed E-state index contributed by atoms with van der Waals surface area (Å²) < 4.78 is 11.6. The molecular formula is C20H23NO3. The standard InChI is InChI=1S/C20H23NO3/c1-14-5-3-6-15(2)19(14)24-12-11-23-18-8-4-7-17(13-18)21-20(22)16-9-10-16/h3-8,13,16H,9-12H2,1-2H3,(H,21,22). The molecule has 0 heterocycles. The lowest BCUT2D eigenvalue weighted by Crippen LogP contribution is -2.13. The number of rotatable bonds is 7. The Morgan fingerprint density at radius 1 is 1.04 bits per heavy atom. The third kappa shape index (κ3) is 4.28. The predicted octanol–water partition coefficient (Wildman–Crippen LogP) is 4.11. The molecule has 0 radical (unpaired) electrons. The lowest BCUT2D eigenvalue weighted by molar-refractivity contribution is -0.117. The van der Waals surface area contributed by atoms with Gasteiger partial charge < -0.3 is 14.8 Å². The van der Waals surface area contributed by atoms with E-state index in [1.165, 1.54) is 0 Å². The molecule has 2 aromatic carbocycles. The zero-order valence-electron chi connectivity index (χ0n) is 14.2. The minimum atomic E-state index is 0.102. The van der Waals surface area contributed by atoms with Gasteiger partial charge >= 0.3 is 0 Å². The molecule has 2 aromatic rings. The van der Waals surface area contributed by atoms with Gasteiger partial charge in [-0.1, -0.05) is 24.3 Å². The van der Waals surface area contributed by atoms with Gasteiger partial charge in [0.15, 0.2) is 0 Å².